The normalized spacial score (nSPS) is 15.4. The lowest BCUT2D eigenvalue weighted by Crippen LogP contribution is -2.41. The Hall–Kier alpha value is -2.21. The van der Waals surface area contributed by atoms with Crippen molar-refractivity contribution in [3.05, 3.63) is 46.3 Å². The van der Waals surface area contributed by atoms with Crippen LogP contribution in [0.25, 0.3) is 0 Å². The van der Waals surface area contributed by atoms with Gasteiger partial charge in [0.05, 0.1) is 5.56 Å². The number of anilines is 1. The number of aromatic nitrogens is 1. The molecule has 0 aliphatic carbocycles. The van der Waals surface area contributed by atoms with Gasteiger partial charge in [-0.25, -0.2) is 4.98 Å². The quantitative estimate of drug-likeness (QED) is 0.942. The summed E-state index contributed by atoms with van der Waals surface area (Å²) in [6.07, 6.45) is 3.11. The van der Waals surface area contributed by atoms with Crippen LogP contribution in [0.4, 0.5) is 5.82 Å². The average molecular weight is 329 g/mol. The van der Waals surface area contributed by atoms with Crippen LogP contribution >= 0.6 is 11.3 Å². The SMILES string of the molecule is Cc1ccc(NC(=O)C2CCN(C(=O)c3ccsc3)CC2)nc1. The van der Waals surface area contributed by atoms with E-state index in [1.165, 1.54) is 11.3 Å². The number of carbonyl (C=O) groups excluding carboxylic acids is 2. The number of piperidine rings is 1. The summed E-state index contributed by atoms with van der Waals surface area (Å²) >= 11 is 1.52. The first kappa shape index (κ1) is 15.7. The molecule has 2 amide bonds. The predicted octanol–water partition coefficient (Wildman–Crippen LogP) is 2.94. The Kier molecular flexibility index (Phi) is 4.71. The molecule has 1 fully saturated rings. The molecule has 0 aromatic carbocycles. The van der Waals surface area contributed by atoms with Crippen molar-refractivity contribution in [2.75, 3.05) is 18.4 Å². The lowest BCUT2D eigenvalue weighted by molar-refractivity contribution is -0.121. The van der Waals surface area contributed by atoms with Crippen LogP contribution in [0.5, 0.6) is 0 Å². The minimum absolute atomic E-state index is 0.0102. The van der Waals surface area contributed by atoms with Crippen molar-refractivity contribution in [1.82, 2.24) is 9.88 Å². The molecule has 2 aromatic rings. The summed E-state index contributed by atoms with van der Waals surface area (Å²) in [6, 6.07) is 5.57. The zero-order chi connectivity index (χ0) is 16.2. The summed E-state index contributed by atoms with van der Waals surface area (Å²) in [5.74, 6) is 0.566. The number of nitrogens with one attached hydrogen (secondary N) is 1. The molecule has 0 bridgehead atoms. The minimum Gasteiger partial charge on any atom is -0.339 e. The number of carbonyl (C=O) groups is 2. The molecule has 5 nitrogen and oxygen atoms in total. The van der Waals surface area contributed by atoms with Gasteiger partial charge in [0.25, 0.3) is 5.91 Å². The van der Waals surface area contributed by atoms with Crippen LogP contribution < -0.4 is 5.32 Å². The van der Waals surface area contributed by atoms with E-state index >= 15 is 0 Å². The maximum atomic E-state index is 12.3. The standard InChI is InChI=1S/C17H19N3O2S/c1-12-2-3-15(18-10-12)19-16(21)13-4-7-20(8-5-13)17(22)14-6-9-23-11-14/h2-3,6,9-11,13H,4-5,7-8H2,1H3,(H,18,19,21). The molecule has 3 heterocycles. The van der Waals surface area contributed by atoms with Gasteiger partial charge in [-0.2, -0.15) is 11.3 Å². The molecule has 0 spiro atoms. The Morgan fingerprint density at radius 2 is 2.04 bits per heavy atom. The Balaban J connectivity index is 1.53. The van der Waals surface area contributed by atoms with Crippen molar-refractivity contribution in [3.63, 3.8) is 0 Å². The van der Waals surface area contributed by atoms with E-state index in [0.29, 0.717) is 31.7 Å². The van der Waals surface area contributed by atoms with E-state index in [2.05, 4.69) is 10.3 Å². The van der Waals surface area contributed by atoms with Gasteiger partial charge in [-0.1, -0.05) is 6.07 Å². The first-order valence-electron chi connectivity index (χ1n) is 7.68. The summed E-state index contributed by atoms with van der Waals surface area (Å²) in [5.41, 5.74) is 1.80. The number of hydrogen-bond acceptors (Lipinski definition) is 4. The van der Waals surface area contributed by atoms with Crippen LogP contribution in [0.2, 0.25) is 0 Å². The van der Waals surface area contributed by atoms with Crippen molar-refractivity contribution in [3.8, 4) is 0 Å². The third kappa shape index (κ3) is 3.76. The topological polar surface area (TPSA) is 62.3 Å². The monoisotopic (exact) mass is 329 g/mol. The number of nitrogens with zero attached hydrogens (tertiary/aromatic N) is 2. The number of likely N-dealkylation sites (tertiary alicyclic amines) is 1. The lowest BCUT2D eigenvalue weighted by Gasteiger charge is -2.31. The first-order valence-corrected chi connectivity index (χ1v) is 8.63. The smallest absolute Gasteiger partial charge is 0.254 e. The van der Waals surface area contributed by atoms with Gasteiger partial charge in [0.2, 0.25) is 5.91 Å². The molecule has 2 aromatic heterocycles. The van der Waals surface area contributed by atoms with E-state index in [9.17, 15) is 9.59 Å². The van der Waals surface area contributed by atoms with Gasteiger partial charge in [0, 0.05) is 30.6 Å². The van der Waals surface area contributed by atoms with Gasteiger partial charge in [-0.05, 0) is 42.8 Å². The average Bonchev–Trinajstić information content (AvgIpc) is 3.11. The molecule has 0 radical (unpaired) electrons. The fourth-order valence-electron chi connectivity index (χ4n) is 2.68. The summed E-state index contributed by atoms with van der Waals surface area (Å²) in [7, 11) is 0. The number of pyridine rings is 1. The fourth-order valence-corrected chi connectivity index (χ4v) is 3.31. The number of rotatable bonds is 3. The molecular weight excluding hydrogens is 310 g/mol. The Morgan fingerprint density at radius 3 is 2.65 bits per heavy atom. The zero-order valence-corrected chi connectivity index (χ0v) is 13.8. The van der Waals surface area contributed by atoms with Gasteiger partial charge in [0.15, 0.2) is 0 Å². The molecule has 0 atom stereocenters. The fraction of sp³-hybridized carbons (Fsp3) is 0.353. The number of amides is 2. The third-order valence-electron chi connectivity index (χ3n) is 4.08. The van der Waals surface area contributed by atoms with E-state index in [1.54, 1.807) is 6.20 Å². The number of hydrogen-bond donors (Lipinski definition) is 1. The van der Waals surface area contributed by atoms with E-state index in [0.717, 1.165) is 11.1 Å². The highest BCUT2D eigenvalue weighted by atomic mass is 32.1. The van der Waals surface area contributed by atoms with Gasteiger partial charge in [0.1, 0.15) is 5.82 Å². The van der Waals surface area contributed by atoms with Gasteiger partial charge < -0.3 is 10.2 Å². The maximum Gasteiger partial charge on any atom is 0.254 e. The second-order valence-corrected chi connectivity index (χ2v) is 6.57. The van der Waals surface area contributed by atoms with Crippen molar-refractivity contribution in [2.24, 2.45) is 5.92 Å². The highest BCUT2D eigenvalue weighted by Gasteiger charge is 2.28. The summed E-state index contributed by atoms with van der Waals surface area (Å²) in [6.45, 7) is 3.20. The van der Waals surface area contributed by atoms with Gasteiger partial charge in [-0.3, -0.25) is 9.59 Å². The molecule has 0 saturated carbocycles. The number of aryl methyl sites for hydroxylation is 1. The van der Waals surface area contributed by atoms with E-state index in [4.69, 9.17) is 0 Å². The van der Waals surface area contributed by atoms with E-state index in [1.807, 2.05) is 40.8 Å². The van der Waals surface area contributed by atoms with Crippen LogP contribution in [0.1, 0.15) is 28.8 Å². The molecule has 0 unspecified atom stereocenters. The highest BCUT2D eigenvalue weighted by molar-refractivity contribution is 7.08. The zero-order valence-electron chi connectivity index (χ0n) is 13.0. The second-order valence-electron chi connectivity index (χ2n) is 5.79. The molecular formula is C17H19N3O2S. The molecule has 1 aliphatic rings. The van der Waals surface area contributed by atoms with Crippen LogP contribution in [-0.4, -0.2) is 34.8 Å². The van der Waals surface area contributed by atoms with Crippen LogP contribution in [0, 0.1) is 12.8 Å². The van der Waals surface area contributed by atoms with Gasteiger partial charge >= 0.3 is 0 Å². The van der Waals surface area contributed by atoms with Crippen molar-refractivity contribution in [1.29, 1.82) is 0 Å². The van der Waals surface area contributed by atoms with Gasteiger partial charge in [-0.15, -0.1) is 0 Å². The van der Waals surface area contributed by atoms with Crippen LogP contribution in [-0.2, 0) is 4.79 Å². The highest BCUT2D eigenvalue weighted by Crippen LogP contribution is 2.21. The number of thiophene rings is 1. The van der Waals surface area contributed by atoms with E-state index in [-0.39, 0.29) is 17.7 Å². The lowest BCUT2D eigenvalue weighted by atomic mass is 9.95. The molecule has 1 aliphatic heterocycles. The largest absolute Gasteiger partial charge is 0.339 e. The summed E-state index contributed by atoms with van der Waals surface area (Å²) in [4.78, 5) is 30.6. The van der Waals surface area contributed by atoms with Crippen molar-refractivity contribution < 1.29 is 9.59 Å². The second kappa shape index (κ2) is 6.91. The van der Waals surface area contributed by atoms with E-state index < -0.39 is 0 Å². The molecule has 120 valence electrons. The summed E-state index contributed by atoms with van der Waals surface area (Å²) in [5, 5.41) is 6.63. The Morgan fingerprint density at radius 1 is 1.26 bits per heavy atom. The van der Waals surface area contributed by atoms with Crippen LogP contribution in [0.3, 0.4) is 0 Å². The molecule has 23 heavy (non-hydrogen) atoms. The first-order chi connectivity index (χ1) is 11.1. The van der Waals surface area contributed by atoms with Crippen LogP contribution in [0.15, 0.2) is 35.2 Å². The minimum atomic E-state index is -0.0652. The van der Waals surface area contributed by atoms with Crippen molar-refractivity contribution >= 4 is 29.0 Å². The maximum absolute atomic E-state index is 12.3. The summed E-state index contributed by atoms with van der Waals surface area (Å²) < 4.78 is 0. The molecule has 1 N–H and O–H groups in total. The Labute approximate surface area is 139 Å². The van der Waals surface area contributed by atoms with Crippen molar-refractivity contribution in [2.45, 2.75) is 19.8 Å². The molecule has 3 rings (SSSR count). The molecule has 1 saturated heterocycles. The Bertz CT molecular complexity index is 674. The third-order valence-corrected chi connectivity index (χ3v) is 4.77. The predicted molar refractivity (Wildman–Crippen MR) is 90.6 cm³/mol. The molecule has 6 heteroatoms.